The summed E-state index contributed by atoms with van der Waals surface area (Å²) in [5.41, 5.74) is -0.736. The second-order valence-corrected chi connectivity index (χ2v) is 8.18. The molecule has 170 valence electrons. The summed E-state index contributed by atoms with van der Waals surface area (Å²) in [6, 6.07) is 2.97. The summed E-state index contributed by atoms with van der Waals surface area (Å²) in [6.07, 6.45) is -1.83. The number of halogens is 4. The molecule has 0 spiro atoms. The average Bonchev–Trinajstić information content (AvgIpc) is 3.52. The van der Waals surface area contributed by atoms with Crippen LogP contribution < -0.4 is 15.5 Å². The number of anilines is 2. The summed E-state index contributed by atoms with van der Waals surface area (Å²) in [6.45, 7) is 0.128. The van der Waals surface area contributed by atoms with Crippen molar-refractivity contribution in [3.8, 4) is 0 Å². The number of pyridine rings is 2. The van der Waals surface area contributed by atoms with Crippen LogP contribution in [-0.2, 0) is 11.0 Å². The number of hydrogen-bond donors (Lipinski definition) is 3. The molecule has 0 bridgehead atoms. The zero-order chi connectivity index (χ0) is 23.0. The first-order chi connectivity index (χ1) is 15.1. The standard InChI is InChI=1S/C20H19ClF3N5O3/c21-13-6-12(20(22,23)24)7-26-17(13)29-8-14(15(30)9-29)27-19(32)11-3-4-25-16(5-11)28-18(31)10-1-2-10/h3-7,10,14-15,30H,1-2,8-9H2,(H,27,32)(H,25,28,31). The van der Waals surface area contributed by atoms with Crippen LogP contribution >= 0.6 is 11.6 Å². The summed E-state index contributed by atoms with van der Waals surface area (Å²) < 4.78 is 38.5. The number of nitrogens with zero attached hydrogens (tertiary/aromatic N) is 3. The highest BCUT2D eigenvalue weighted by molar-refractivity contribution is 6.33. The van der Waals surface area contributed by atoms with Crippen LogP contribution in [0.3, 0.4) is 0 Å². The maximum absolute atomic E-state index is 12.8. The Hall–Kier alpha value is -2.92. The minimum atomic E-state index is -4.57. The molecule has 4 rings (SSSR count). The van der Waals surface area contributed by atoms with Crippen LogP contribution in [0.1, 0.15) is 28.8 Å². The van der Waals surface area contributed by atoms with E-state index in [2.05, 4.69) is 20.6 Å². The van der Waals surface area contributed by atoms with Crippen LogP contribution in [0.25, 0.3) is 0 Å². The average molecular weight is 470 g/mol. The van der Waals surface area contributed by atoms with Gasteiger partial charge in [0.05, 0.1) is 22.7 Å². The molecule has 1 saturated heterocycles. The van der Waals surface area contributed by atoms with Gasteiger partial charge in [-0.3, -0.25) is 9.59 Å². The van der Waals surface area contributed by atoms with Crippen molar-refractivity contribution in [1.29, 1.82) is 0 Å². The predicted molar refractivity (Wildman–Crippen MR) is 109 cm³/mol. The Morgan fingerprint density at radius 2 is 1.94 bits per heavy atom. The van der Waals surface area contributed by atoms with E-state index in [1.165, 1.54) is 23.2 Å². The maximum Gasteiger partial charge on any atom is 0.417 e. The van der Waals surface area contributed by atoms with E-state index < -0.39 is 29.8 Å². The summed E-state index contributed by atoms with van der Waals surface area (Å²) in [7, 11) is 0. The second-order valence-electron chi connectivity index (χ2n) is 7.77. The number of carbonyl (C=O) groups excluding carboxylic acids is 2. The van der Waals surface area contributed by atoms with E-state index in [1.54, 1.807) is 0 Å². The van der Waals surface area contributed by atoms with Gasteiger partial charge in [-0.05, 0) is 31.0 Å². The van der Waals surface area contributed by atoms with E-state index in [9.17, 15) is 27.9 Å². The first-order valence-electron chi connectivity index (χ1n) is 9.85. The van der Waals surface area contributed by atoms with Crippen molar-refractivity contribution >= 4 is 35.1 Å². The predicted octanol–water partition coefficient (Wildman–Crippen LogP) is 2.48. The minimum Gasteiger partial charge on any atom is -0.389 e. The van der Waals surface area contributed by atoms with Crippen molar-refractivity contribution in [2.75, 3.05) is 23.3 Å². The fourth-order valence-electron chi connectivity index (χ4n) is 3.39. The molecule has 2 atom stereocenters. The van der Waals surface area contributed by atoms with Crippen LogP contribution in [0.5, 0.6) is 0 Å². The first-order valence-corrected chi connectivity index (χ1v) is 10.2. The molecule has 2 amide bonds. The van der Waals surface area contributed by atoms with Gasteiger partial charge >= 0.3 is 6.18 Å². The van der Waals surface area contributed by atoms with Gasteiger partial charge in [-0.2, -0.15) is 13.2 Å². The van der Waals surface area contributed by atoms with Crippen LogP contribution in [-0.4, -0.2) is 52.1 Å². The molecule has 12 heteroatoms. The van der Waals surface area contributed by atoms with Crippen LogP contribution in [0, 0.1) is 5.92 Å². The monoisotopic (exact) mass is 469 g/mol. The van der Waals surface area contributed by atoms with Crippen molar-refractivity contribution in [2.24, 2.45) is 5.92 Å². The Balaban J connectivity index is 1.41. The number of amides is 2. The van der Waals surface area contributed by atoms with Gasteiger partial charge in [0.2, 0.25) is 5.91 Å². The number of alkyl halides is 3. The van der Waals surface area contributed by atoms with Crippen molar-refractivity contribution in [1.82, 2.24) is 15.3 Å². The van der Waals surface area contributed by atoms with Crippen molar-refractivity contribution < 1.29 is 27.9 Å². The minimum absolute atomic E-state index is 0.0143. The molecule has 0 aromatic carbocycles. The number of nitrogens with one attached hydrogen (secondary N) is 2. The highest BCUT2D eigenvalue weighted by Gasteiger charge is 2.36. The second kappa shape index (κ2) is 8.55. The smallest absolute Gasteiger partial charge is 0.389 e. The van der Waals surface area contributed by atoms with E-state index in [0.717, 1.165) is 18.9 Å². The molecule has 1 aliphatic carbocycles. The molecule has 3 N–H and O–H groups in total. The third-order valence-corrected chi connectivity index (χ3v) is 5.55. The molecular formula is C20H19ClF3N5O3. The zero-order valence-corrected chi connectivity index (χ0v) is 17.3. The van der Waals surface area contributed by atoms with Gasteiger partial charge in [-0.25, -0.2) is 9.97 Å². The summed E-state index contributed by atoms with van der Waals surface area (Å²) in [5, 5.41) is 15.5. The van der Waals surface area contributed by atoms with Gasteiger partial charge in [0.1, 0.15) is 11.6 Å². The number of carbonyl (C=O) groups is 2. The summed E-state index contributed by atoms with van der Waals surface area (Å²) in [5.74, 6) is -0.308. The molecule has 32 heavy (non-hydrogen) atoms. The molecule has 1 aliphatic heterocycles. The third-order valence-electron chi connectivity index (χ3n) is 5.28. The fourth-order valence-corrected chi connectivity index (χ4v) is 3.67. The number of rotatable bonds is 5. The van der Waals surface area contributed by atoms with Gasteiger partial charge in [0, 0.05) is 37.0 Å². The van der Waals surface area contributed by atoms with Gasteiger partial charge in [-0.15, -0.1) is 0 Å². The SMILES string of the molecule is O=C(NC1CN(c2ncc(C(F)(F)F)cc2Cl)CC1O)c1ccnc(NC(=O)C2CC2)c1. The lowest BCUT2D eigenvalue weighted by atomic mass is 10.2. The first kappa shape index (κ1) is 22.3. The Morgan fingerprint density at radius 3 is 2.59 bits per heavy atom. The highest BCUT2D eigenvalue weighted by atomic mass is 35.5. The van der Waals surface area contributed by atoms with E-state index in [1.807, 2.05) is 0 Å². The Kier molecular flexibility index (Phi) is 5.95. The molecule has 1 saturated carbocycles. The molecule has 2 aromatic heterocycles. The number of β-amino-alcohol motifs (C(OH)–C–C–N with tert-alkyl or cyclic N) is 1. The van der Waals surface area contributed by atoms with Crippen molar-refractivity contribution in [2.45, 2.75) is 31.2 Å². The quantitative estimate of drug-likeness (QED) is 0.621. The highest BCUT2D eigenvalue weighted by Crippen LogP contribution is 2.34. The van der Waals surface area contributed by atoms with Crippen LogP contribution in [0.15, 0.2) is 30.6 Å². The van der Waals surface area contributed by atoms with E-state index in [-0.39, 0.29) is 47.1 Å². The largest absolute Gasteiger partial charge is 0.417 e. The van der Waals surface area contributed by atoms with Crippen LogP contribution in [0.4, 0.5) is 24.8 Å². The van der Waals surface area contributed by atoms with Gasteiger partial charge in [0.15, 0.2) is 0 Å². The molecule has 2 fully saturated rings. The van der Waals surface area contributed by atoms with E-state index in [4.69, 9.17) is 11.6 Å². The van der Waals surface area contributed by atoms with Gasteiger partial charge in [0.25, 0.3) is 5.91 Å². The number of aliphatic hydroxyl groups excluding tert-OH is 1. The van der Waals surface area contributed by atoms with E-state index >= 15 is 0 Å². The lowest BCUT2D eigenvalue weighted by Crippen LogP contribution is -2.42. The van der Waals surface area contributed by atoms with Crippen LogP contribution in [0.2, 0.25) is 5.02 Å². The number of hydrogen-bond acceptors (Lipinski definition) is 6. The summed E-state index contributed by atoms with van der Waals surface area (Å²) >= 11 is 5.98. The summed E-state index contributed by atoms with van der Waals surface area (Å²) in [4.78, 5) is 33.9. The molecule has 2 aromatic rings. The molecule has 8 nitrogen and oxygen atoms in total. The zero-order valence-electron chi connectivity index (χ0n) is 16.6. The maximum atomic E-state index is 12.8. The molecule has 2 unspecified atom stereocenters. The lowest BCUT2D eigenvalue weighted by Gasteiger charge is -2.19. The Morgan fingerprint density at radius 1 is 1.19 bits per heavy atom. The molecule has 0 radical (unpaired) electrons. The molecule has 2 aliphatic rings. The normalized spacial score (nSPS) is 20.8. The number of aliphatic hydroxyl groups is 1. The number of aromatic nitrogens is 2. The molecule has 3 heterocycles. The Labute approximate surface area is 185 Å². The third kappa shape index (κ3) is 4.94. The fraction of sp³-hybridized carbons (Fsp3) is 0.400. The topological polar surface area (TPSA) is 107 Å². The van der Waals surface area contributed by atoms with E-state index in [0.29, 0.717) is 6.20 Å². The van der Waals surface area contributed by atoms with Gasteiger partial charge < -0.3 is 20.6 Å². The van der Waals surface area contributed by atoms with Gasteiger partial charge in [-0.1, -0.05) is 11.6 Å². The van der Waals surface area contributed by atoms with Crippen molar-refractivity contribution in [3.63, 3.8) is 0 Å². The van der Waals surface area contributed by atoms with Crippen molar-refractivity contribution in [3.05, 3.63) is 46.7 Å². The lowest BCUT2D eigenvalue weighted by molar-refractivity contribution is -0.137. The Bertz CT molecular complexity index is 1050. The molecular weight excluding hydrogens is 451 g/mol.